The lowest BCUT2D eigenvalue weighted by Crippen LogP contribution is -2.47. The Hall–Kier alpha value is -1.11. The largest absolute Gasteiger partial charge is 0.495 e. The quantitative estimate of drug-likeness (QED) is 0.822. The minimum absolute atomic E-state index is 0.295. The third-order valence-electron chi connectivity index (χ3n) is 5.52. The van der Waals surface area contributed by atoms with Gasteiger partial charge < -0.3 is 9.64 Å². The average molecular weight is 367 g/mol. The molecule has 140 valence electrons. The van der Waals surface area contributed by atoms with Gasteiger partial charge in [0.25, 0.3) is 0 Å². The fourth-order valence-corrected chi connectivity index (χ4v) is 5.74. The van der Waals surface area contributed by atoms with Crippen LogP contribution in [0.4, 0.5) is 0 Å². The summed E-state index contributed by atoms with van der Waals surface area (Å²) in [5.74, 6) is 0.431. The molecule has 5 nitrogen and oxygen atoms in total. The first-order chi connectivity index (χ1) is 12.0. The van der Waals surface area contributed by atoms with E-state index < -0.39 is 10.0 Å². The first-order valence-electron chi connectivity index (χ1n) is 9.41. The van der Waals surface area contributed by atoms with Gasteiger partial charge in [-0.3, -0.25) is 0 Å². The Bertz CT molecular complexity index is 674. The first kappa shape index (κ1) is 18.7. The van der Waals surface area contributed by atoms with E-state index in [-0.39, 0.29) is 0 Å². The Morgan fingerprint density at radius 3 is 2.24 bits per heavy atom. The van der Waals surface area contributed by atoms with Gasteiger partial charge in [-0.15, -0.1) is 0 Å². The summed E-state index contributed by atoms with van der Waals surface area (Å²) in [6, 6.07) is 5.87. The van der Waals surface area contributed by atoms with Gasteiger partial charge in [-0.1, -0.05) is 18.9 Å². The number of methoxy groups -OCH3 is 1. The zero-order chi connectivity index (χ0) is 17.9. The Morgan fingerprint density at radius 1 is 1.00 bits per heavy atom. The summed E-state index contributed by atoms with van der Waals surface area (Å²) in [5.41, 5.74) is 0.929. The summed E-state index contributed by atoms with van der Waals surface area (Å²) in [5, 5.41) is 0. The lowest BCUT2D eigenvalue weighted by atomic mass is 10.0. The SMILES string of the molecule is COc1ccc(C)cc1S(=O)(=O)N1CCC(N2CCCCCC2)CC1. The van der Waals surface area contributed by atoms with Crippen molar-refractivity contribution < 1.29 is 13.2 Å². The first-order valence-corrected chi connectivity index (χ1v) is 10.9. The second-order valence-corrected chi connectivity index (χ2v) is 9.15. The van der Waals surface area contributed by atoms with Crippen molar-refractivity contribution in [3.8, 4) is 5.75 Å². The van der Waals surface area contributed by atoms with Crippen LogP contribution in [0.2, 0.25) is 0 Å². The molecule has 2 saturated heterocycles. The Kier molecular flexibility index (Phi) is 6.02. The molecule has 0 N–H and O–H groups in total. The monoisotopic (exact) mass is 366 g/mol. The van der Waals surface area contributed by atoms with Crippen LogP contribution in [0.25, 0.3) is 0 Å². The Morgan fingerprint density at radius 2 is 1.64 bits per heavy atom. The van der Waals surface area contributed by atoms with Crippen molar-refractivity contribution in [1.82, 2.24) is 9.21 Å². The van der Waals surface area contributed by atoms with Crippen LogP contribution in [0.3, 0.4) is 0 Å². The van der Waals surface area contributed by atoms with Gasteiger partial charge in [0.2, 0.25) is 10.0 Å². The molecule has 3 rings (SSSR count). The second kappa shape index (κ2) is 8.06. The third-order valence-corrected chi connectivity index (χ3v) is 7.44. The molecule has 0 aromatic heterocycles. The summed E-state index contributed by atoms with van der Waals surface area (Å²) in [6.45, 7) is 5.44. The summed E-state index contributed by atoms with van der Waals surface area (Å²) >= 11 is 0. The number of nitrogens with zero attached hydrogens (tertiary/aromatic N) is 2. The van der Waals surface area contributed by atoms with E-state index in [0.717, 1.165) is 18.4 Å². The summed E-state index contributed by atoms with van der Waals surface area (Å²) in [4.78, 5) is 2.88. The topological polar surface area (TPSA) is 49.9 Å². The summed E-state index contributed by atoms with van der Waals surface area (Å²) < 4.78 is 33.1. The smallest absolute Gasteiger partial charge is 0.246 e. The highest BCUT2D eigenvalue weighted by Crippen LogP contribution is 2.30. The summed E-state index contributed by atoms with van der Waals surface area (Å²) in [6.07, 6.45) is 7.06. The number of ether oxygens (including phenoxy) is 1. The zero-order valence-electron chi connectivity index (χ0n) is 15.4. The normalized spacial score (nSPS) is 21.8. The number of hydrogen-bond donors (Lipinski definition) is 0. The number of likely N-dealkylation sites (tertiary alicyclic amines) is 1. The maximum atomic E-state index is 13.1. The molecule has 2 aliphatic rings. The van der Waals surface area contributed by atoms with Crippen molar-refractivity contribution in [2.45, 2.75) is 56.4 Å². The highest BCUT2D eigenvalue weighted by molar-refractivity contribution is 7.89. The van der Waals surface area contributed by atoms with Gasteiger partial charge in [0.15, 0.2) is 0 Å². The number of sulfonamides is 1. The molecule has 1 aromatic carbocycles. The van der Waals surface area contributed by atoms with Crippen LogP contribution in [0.1, 0.15) is 44.1 Å². The maximum Gasteiger partial charge on any atom is 0.246 e. The van der Waals surface area contributed by atoms with E-state index in [4.69, 9.17) is 4.74 Å². The molecule has 0 bridgehead atoms. The molecule has 25 heavy (non-hydrogen) atoms. The van der Waals surface area contributed by atoms with Crippen LogP contribution in [0.15, 0.2) is 23.1 Å². The van der Waals surface area contributed by atoms with Gasteiger partial charge in [-0.2, -0.15) is 4.31 Å². The van der Waals surface area contributed by atoms with Crippen LogP contribution < -0.4 is 4.74 Å². The van der Waals surface area contributed by atoms with Crippen molar-refractivity contribution in [2.75, 3.05) is 33.3 Å². The number of aryl methyl sites for hydroxylation is 1. The molecule has 0 spiro atoms. The predicted molar refractivity (Wildman–Crippen MR) is 99.6 cm³/mol. The average Bonchev–Trinajstić information content (AvgIpc) is 2.91. The molecule has 6 heteroatoms. The standard InChI is InChI=1S/C19H30N2O3S/c1-16-7-8-18(24-2)19(15-16)25(22,23)21-13-9-17(10-14-21)20-11-5-3-4-6-12-20/h7-8,15,17H,3-6,9-14H2,1-2H3. The molecule has 0 saturated carbocycles. The molecular formula is C19H30N2O3S. The maximum absolute atomic E-state index is 13.1. The highest BCUT2D eigenvalue weighted by Gasteiger charge is 2.33. The minimum Gasteiger partial charge on any atom is -0.495 e. The van der Waals surface area contributed by atoms with Gasteiger partial charge in [0, 0.05) is 19.1 Å². The van der Waals surface area contributed by atoms with E-state index in [1.807, 2.05) is 13.0 Å². The van der Waals surface area contributed by atoms with E-state index >= 15 is 0 Å². The third kappa shape index (κ3) is 4.18. The number of hydrogen-bond acceptors (Lipinski definition) is 4. The molecule has 0 atom stereocenters. The Balaban J connectivity index is 1.70. The van der Waals surface area contributed by atoms with Gasteiger partial charge in [0.05, 0.1) is 7.11 Å². The molecule has 0 aliphatic carbocycles. The molecule has 2 fully saturated rings. The molecule has 0 radical (unpaired) electrons. The van der Waals surface area contributed by atoms with Crippen LogP contribution in [0.5, 0.6) is 5.75 Å². The molecule has 1 aromatic rings. The van der Waals surface area contributed by atoms with Crippen molar-refractivity contribution in [3.63, 3.8) is 0 Å². The van der Waals surface area contributed by atoms with Crippen LogP contribution in [-0.2, 0) is 10.0 Å². The number of piperidine rings is 1. The summed E-state index contributed by atoms with van der Waals surface area (Å²) in [7, 11) is -1.98. The van der Waals surface area contributed by atoms with Crippen LogP contribution in [-0.4, -0.2) is 57.0 Å². The van der Waals surface area contributed by atoms with Crippen molar-refractivity contribution in [3.05, 3.63) is 23.8 Å². The molecule has 0 unspecified atom stereocenters. The van der Waals surface area contributed by atoms with Crippen molar-refractivity contribution >= 4 is 10.0 Å². The van der Waals surface area contributed by atoms with E-state index in [1.165, 1.54) is 45.9 Å². The lowest BCUT2D eigenvalue weighted by Gasteiger charge is -2.37. The molecule has 2 aliphatic heterocycles. The van der Waals surface area contributed by atoms with Crippen LogP contribution in [0, 0.1) is 6.92 Å². The zero-order valence-corrected chi connectivity index (χ0v) is 16.2. The second-order valence-electron chi connectivity index (χ2n) is 7.24. The van der Waals surface area contributed by atoms with Crippen LogP contribution >= 0.6 is 0 Å². The van der Waals surface area contributed by atoms with Gasteiger partial charge >= 0.3 is 0 Å². The predicted octanol–water partition coefficient (Wildman–Crippen LogP) is 3.03. The van der Waals surface area contributed by atoms with E-state index in [1.54, 1.807) is 16.4 Å². The molecule has 2 heterocycles. The van der Waals surface area contributed by atoms with Gasteiger partial charge in [-0.05, 0) is 63.4 Å². The highest BCUT2D eigenvalue weighted by atomic mass is 32.2. The van der Waals surface area contributed by atoms with Crippen molar-refractivity contribution in [2.24, 2.45) is 0 Å². The molecular weight excluding hydrogens is 336 g/mol. The minimum atomic E-state index is -3.50. The lowest BCUT2D eigenvalue weighted by molar-refractivity contribution is 0.143. The Labute approximate surface area is 152 Å². The number of benzene rings is 1. The van der Waals surface area contributed by atoms with Gasteiger partial charge in [-0.25, -0.2) is 8.42 Å². The van der Waals surface area contributed by atoms with Crippen molar-refractivity contribution in [1.29, 1.82) is 0 Å². The molecule has 0 amide bonds. The number of rotatable bonds is 4. The van der Waals surface area contributed by atoms with E-state index in [0.29, 0.717) is 29.8 Å². The fraction of sp³-hybridized carbons (Fsp3) is 0.684. The van der Waals surface area contributed by atoms with E-state index in [2.05, 4.69) is 4.90 Å². The fourth-order valence-electron chi connectivity index (χ4n) is 4.03. The van der Waals surface area contributed by atoms with E-state index in [9.17, 15) is 8.42 Å². The van der Waals surface area contributed by atoms with Gasteiger partial charge in [0.1, 0.15) is 10.6 Å².